The number of ether oxygens (including phenoxy) is 1. The molecule has 0 aliphatic heterocycles. The van der Waals surface area contributed by atoms with Crippen LogP contribution in [0, 0.1) is 21.8 Å². The number of nitrogens with zero attached hydrogens (tertiary/aromatic N) is 1. The van der Waals surface area contributed by atoms with E-state index in [2.05, 4.69) is 0 Å². The number of methoxy groups -OCH3 is 1. The summed E-state index contributed by atoms with van der Waals surface area (Å²) in [5.41, 5.74) is 0.748. The molecule has 0 aliphatic rings. The maximum atomic E-state index is 12.7. The molecule has 16 heavy (non-hydrogen) atoms. The zero-order valence-electron chi connectivity index (χ0n) is 9.22. The molecular weight excluding hydrogens is 213 g/mol. The molecule has 0 fully saturated rings. The highest BCUT2D eigenvalue weighted by Gasteiger charge is 2.23. The lowest BCUT2D eigenvalue weighted by Gasteiger charge is -2.20. The van der Waals surface area contributed by atoms with Crippen molar-refractivity contribution in [1.29, 1.82) is 0 Å². The Labute approximate surface area is 93.2 Å². The molecule has 0 aromatic heterocycles. The number of halogens is 1. The van der Waals surface area contributed by atoms with Crippen LogP contribution >= 0.6 is 0 Å². The van der Waals surface area contributed by atoms with Gasteiger partial charge in [-0.3, -0.25) is 10.1 Å². The maximum absolute atomic E-state index is 12.7. The Balaban J connectivity index is 2.81. The first-order valence-electron chi connectivity index (χ1n) is 4.94. The number of nitro groups is 1. The number of benzene rings is 1. The molecule has 0 amide bonds. The van der Waals surface area contributed by atoms with Gasteiger partial charge in [-0.2, -0.15) is 0 Å². The van der Waals surface area contributed by atoms with E-state index in [0.717, 1.165) is 5.56 Å². The summed E-state index contributed by atoms with van der Waals surface area (Å²) in [6, 6.07) is 5.81. The number of rotatable bonds is 5. The molecule has 0 spiro atoms. The predicted octanol–water partition coefficient (Wildman–Crippen LogP) is 2.43. The van der Waals surface area contributed by atoms with Gasteiger partial charge in [-0.1, -0.05) is 19.1 Å². The summed E-state index contributed by atoms with van der Waals surface area (Å²) in [6.07, 6.45) is -0.383. The van der Waals surface area contributed by atoms with Crippen molar-refractivity contribution < 1.29 is 14.1 Å². The van der Waals surface area contributed by atoms with Gasteiger partial charge < -0.3 is 4.74 Å². The summed E-state index contributed by atoms with van der Waals surface area (Å²) in [4.78, 5) is 10.0. The normalized spacial score (nSPS) is 14.4. The van der Waals surface area contributed by atoms with E-state index in [0.29, 0.717) is 0 Å². The molecule has 0 aliphatic carbocycles. The molecule has 1 aromatic rings. The summed E-state index contributed by atoms with van der Waals surface area (Å²) in [5, 5.41) is 10.4. The SMILES string of the molecule is CO[C@@H](c1ccc(F)cc1)[C@H](C)C[N+](=O)[O-]. The molecule has 0 saturated heterocycles. The van der Waals surface area contributed by atoms with Crippen molar-refractivity contribution in [3.8, 4) is 0 Å². The summed E-state index contributed by atoms with van der Waals surface area (Å²) < 4.78 is 17.9. The van der Waals surface area contributed by atoms with Gasteiger partial charge in [0.05, 0.1) is 12.0 Å². The van der Waals surface area contributed by atoms with E-state index in [9.17, 15) is 14.5 Å². The first kappa shape index (κ1) is 12.6. The second-order valence-corrected chi connectivity index (χ2v) is 3.70. The fourth-order valence-corrected chi connectivity index (χ4v) is 1.68. The minimum atomic E-state index is -0.383. The van der Waals surface area contributed by atoms with Crippen LogP contribution in [-0.4, -0.2) is 18.6 Å². The zero-order valence-corrected chi connectivity index (χ0v) is 9.22. The van der Waals surface area contributed by atoms with Gasteiger partial charge in [0.2, 0.25) is 6.54 Å². The lowest BCUT2D eigenvalue weighted by atomic mass is 9.97. The molecule has 2 atom stereocenters. The Hall–Kier alpha value is -1.49. The van der Waals surface area contributed by atoms with Gasteiger partial charge in [-0.15, -0.1) is 0 Å². The van der Waals surface area contributed by atoms with E-state index in [4.69, 9.17) is 4.74 Å². The molecular formula is C11H14FNO3. The monoisotopic (exact) mass is 227 g/mol. The predicted molar refractivity (Wildman–Crippen MR) is 57.2 cm³/mol. The van der Waals surface area contributed by atoms with Crippen molar-refractivity contribution in [3.63, 3.8) is 0 Å². The standard InChI is InChI=1S/C11H14FNO3/c1-8(7-13(14)15)11(16-2)9-3-5-10(12)6-4-9/h3-6,8,11H,7H2,1-2H3/t8-,11-/m1/s1. The highest BCUT2D eigenvalue weighted by atomic mass is 19.1. The molecule has 4 nitrogen and oxygen atoms in total. The van der Waals surface area contributed by atoms with Gasteiger partial charge in [0.15, 0.2) is 0 Å². The van der Waals surface area contributed by atoms with Crippen molar-refractivity contribution in [3.05, 3.63) is 45.8 Å². The highest BCUT2D eigenvalue weighted by Crippen LogP contribution is 2.25. The molecule has 0 N–H and O–H groups in total. The Kier molecular flexibility index (Phi) is 4.37. The smallest absolute Gasteiger partial charge is 0.209 e. The van der Waals surface area contributed by atoms with Gasteiger partial charge in [0, 0.05) is 12.0 Å². The fourth-order valence-electron chi connectivity index (χ4n) is 1.68. The second kappa shape index (κ2) is 5.55. The largest absolute Gasteiger partial charge is 0.376 e. The third-order valence-corrected chi connectivity index (χ3v) is 2.41. The molecule has 0 bridgehead atoms. The van der Waals surface area contributed by atoms with Crippen LogP contribution in [0.25, 0.3) is 0 Å². The quantitative estimate of drug-likeness (QED) is 0.573. The number of hydrogen-bond acceptors (Lipinski definition) is 3. The van der Waals surface area contributed by atoms with Gasteiger partial charge in [-0.05, 0) is 17.7 Å². The summed E-state index contributed by atoms with van der Waals surface area (Å²) in [5.74, 6) is -0.592. The van der Waals surface area contributed by atoms with Crippen LogP contribution in [-0.2, 0) is 4.74 Å². The van der Waals surface area contributed by atoms with Gasteiger partial charge in [-0.25, -0.2) is 4.39 Å². The van der Waals surface area contributed by atoms with Crippen molar-refractivity contribution in [1.82, 2.24) is 0 Å². The molecule has 1 rings (SSSR count). The minimum absolute atomic E-state index is 0.171. The topological polar surface area (TPSA) is 52.4 Å². The Morgan fingerprint density at radius 1 is 1.44 bits per heavy atom. The summed E-state index contributed by atoms with van der Waals surface area (Å²) >= 11 is 0. The average molecular weight is 227 g/mol. The Morgan fingerprint density at radius 3 is 2.44 bits per heavy atom. The molecule has 0 unspecified atom stereocenters. The molecule has 0 saturated carbocycles. The first-order chi connectivity index (χ1) is 7.54. The van der Waals surface area contributed by atoms with Crippen molar-refractivity contribution in [2.24, 2.45) is 5.92 Å². The van der Waals surface area contributed by atoms with Crippen LogP contribution in [0.15, 0.2) is 24.3 Å². The summed E-state index contributed by atoms with van der Waals surface area (Å²) in [6.45, 7) is 1.57. The van der Waals surface area contributed by atoms with Crippen molar-refractivity contribution in [2.45, 2.75) is 13.0 Å². The van der Waals surface area contributed by atoms with E-state index in [-0.39, 0.29) is 29.3 Å². The van der Waals surface area contributed by atoms with E-state index >= 15 is 0 Å². The fraction of sp³-hybridized carbons (Fsp3) is 0.455. The van der Waals surface area contributed by atoms with E-state index in [1.165, 1.54) is 19.2 Å². The van der Waals surface area contributed by atoms with Crippen LogP contribution in [0.2, 0.25) is 0 Å². The lowest BCUT2D eigenvalue weighted by Crippen LogP contribution is -2.20. The van der Waals surface area contributed by atoms with Crippen LogP contribution in [0.5, 0.6) is 0 Å². The van der Waals surface area contributed by atoms with Crippen LogP contribution < -0.4 is 0 Å². The molecule has 1 aromatic carbocycles. The van der Waals surface area contributed by atoms with E-state index < -0.39 is 0 Å². The van der Waals surface area contributed by atoms with Gasteiger partial charge in [0.25, 0.3) is 0 Å². The van der Waals surface area contributed by atoms with Crippen LogP contribution in [0.1, 0.15) is 18.6 Å². The Morgan fingerprint density at radius 2 is 2.00 bits per heavy atom. The number of hydrogen-bond donors (Lipinski definition) is 0. The van der Waals surface area contributed by atoms with Gasteiger partial charge >= 0.3 is 0 Å². The lowest BCUT2D eigenvalue weighted by molar-refractivity contribution is -0.490. The minimum Gasteiger partial charge on any atom is -0.376 e. The maximum Gasteiger partial charge on any atom is 0.209 e. The molecule has 5 heteroatoms. The second-order valence-electron chi connectivity index (χ2n) is 3.70. The Bertz CT molecular complexity index is 353. The van der Waals surface area contributed by atoms with Crippen molar-refractivity contribution in [2.75, 3.05) is 13.7 Å². The van der Waals surface area contributed by atoms with E-state index in [1.807, 2.05) is 0 Å². The zero-order chi connectivity index (χ0) is 12.1. The highest BCUT2D eigenvalue weighted by molar-refractivity contribution is 5.19. The van der Waals surface area contributed by atoms with Crippen LogP contribution in [0.4, 0.5) is 4.39 Å². The third kappa shape index (κ3) is 3.27. The van der Waals surface area contributed by atoms with E-state index in [1.54, 1.807) is 19.1 Å². The first-order valence-corrected chi connectivity index (χ1v) is 4.94. The molecule has 88 valence electrons. The molecule has 0 heterocycles. The van der Waals surface area contributed by atoms with Gasteiger partial charge in [0.1, 0.15) is 5.82 Å². The summed E-state index contributed by atoms with van der Waals surface area (Å²) in [7, 11) is 1.49. The molecule has 0 radical (unpaired) electrons. The third-order valence-electron chi connectivity index (χ3n) is 2.41. The van der Waals surface area contributed by atoms with Crippen molar-refractivity contribution >= 4 is 0 Å². The average Bonchev–Trinajstić information content (AvgIpc) is 2.21. The van der Waals surface area contributed by atoms with Crippen LogP contribution in [0.3, 0.4) is 0 Å².